The number of aromatic hydroxyl groups is 1. The molecule has 1 aromatic heterocycles. The summed E-state index contributed by atoms with van der Waals surface area (Å²) in [6.07, 6.45) is 3.19. The number of phenolic OH excluding ortho intramolecular Hbond substituents is 1. The first-order chi connectivity index (χ1) is 14.1. The Bertz CT molecular complexity index is 982. The lowest BCUT2D eigenvalue weighted by atomic mass is 9.96. The Balaban J connectivity index is 0.00000171. The largest absolute Gasteiger partial charge is 0.508 e. The molecule has 7 nitrogen and oxygen atoms in total. The number of likely N-dealkylation sites (tertiary alicyclic amines) is 1. The maximum Gasteiger partial charge on any atom is 0.270 e. The van der Waals surface area contributed by atoms with Gasteiger partial charge in [0.1, 0.15) is 11.4 Å². The third-order valence-corrected chi connectivity index (χ3v) is 5.87. The topological polar surface area (TPSA) is 102 Å². The Morgan fingerprint density at radius 1 is 1.13 bits per heavy atom. The van der Waals surface area contributed by atoms with E-state index >= 15 is 0 Å². The van der Waals surface area contributed by atoms with E-state index in [4.69, 9.17) is 0 Å². The van der Waals surface area contributed by atoms with Crippen LogP contribution in [-0.4, -0.2) is 57.3 Å². The van der Waals surface area contributed by atoms with Gasteiger partial charge in [-0.3, -0.25) is 9.48 Å². The molecule has 3 aromatic rings. The highest BCUT2D eigenvalue weighted by Gasteiger charge is 2.21. The summed E-state index contributed by atoms with van der Waals surface area (Å²) in [5.41, 5.74) is 2.73. The van der Waals surface area contributed by atoms with Crippen molar-refractivity contribution in [3.63, 3.8) is 0 Å². The molecule has 168 valence electrons. The number of nitrogens with zero attached hydrogens (tertiary/aromatic N) is 3. The molecule has 0 bridgehead atoms. The monoisotopic (exact) mass is 446 g/mol. The van der Waals surface area contributed by atoms with E-state index in [0.29, 0.717) is 23.9 Å². The Morgan fingerprint density at radius 3 is 2.52 bits per heavy atom. The van der Waals surface area contributed by atoms with Crippen LogP contribution in [-0.2, 0) is 13.5 Å². The predicted molar refractivity (Wildman–Crippen MR) is 125 cm³/mol. The Morgan fingerprint density at radius 2 is 1.81 bits per heavy atom. The standard InChI is InChI=1S/C23H28N4O2.ClH.H2O/c1-26-22(20-4-2-3-5-21(20)25-26)23(29)24-16-18-11-14-27(15-12-18)13-10-17-6-8-19(28)9-7-17;;/h2-9,18,28H,10-16H2,1H3,(H,24,29);1H;1H2. The number of hydrogen-bond acceptors (Lipinski definition) is 4. The van der Waals surface area contributed by atoms with Crippen LogP contribution in [0.1, 0.15) is 28.9 Å². The zero-order valence-electron chi connectivity index (χ0n) is 17.8. The zero-order chi connectivity index (χ0) is 20.2. The van der Waals surface area contributed by atoms with E-state index in [1.807, 2.05) is 43.4 Å². The van der Waals surface area contributed by atoms with Gasteiger partial charge in [-0.1, -0.05) is 30.3 Å². The van der Waals surface area contributed by atoms with Crippen LogP contribution in [0.15, 0.2) is 48.5 Å². The van der Waals surface area contributed by atoms with E-state index in [0.717, 1.165) is 49.8 Å². The molecule has 2 aromatic carbocycles. The fourth-order valence-corrected chi connectivity index (χ4v) is 4.10. The molecule has 1 amide bonds. The van der Waals surface area contributed by atoms with Crippen molar-refractivity contribution in [2.45, 2.75) is 19.3 Å². The average molecular weight is 447 g/mol. The van der Waals surface area contributed by atoms with Crippen molar-refractivity contribution in [1.82, 2.24) is 20.0 Å². The Kier molecular flexibility index (Phi) is 8.86. The van der Waals surface area contributed by atoms with Gasteiger partial charge in [-0.05, 0) is 62.0 Å². The molecule has 0 aliphatic carbocycles. The van der Waals surface area contributed by atoms with Crippen molar-refractivity contribution < 1.29 is 15.4 Å². The lowest BCUT2D eigenvalue weighted by molar-refractivity contribution is 0.0928. The van der Waals surface area contributed by atoms with Gasteiger partial charge in [0.15, 0.2) is 0 Å². The first-order valence-corrected chi connectivity index (χ1v) is 10.3. The quantitative estimate of drug-likeness (QED) is 0.607. The third-order valence-electron chi connectivity index (χ3n) is 5.87. The molecule has 4 N–H and O–H groups in total. The fraction of sp³-hybridized carbons (Fsp3) is 0.391. The van der Waals surface area contributed by atoms with Gasteiger partial charge in [-0.15, -0.1) is 12.4 Å². The van der Waals surface area contributed by atoms with Crippen LogP contribution >= 0.6 is 12.4 Å². The molecule has 31 heavy (non-hydrogen) atoms. The number of fused-ring (bicyclic) bond motifs is 1. The van der Waals surface area contributed by atoms with E-state index in [1.165, 1.54) is 5.56 Å². The lowest BCUT2D eigenvalue weighted by Crippen LogP contribution is -2.39. The molecular weight excluding hydrogens is 416 g/mol. The molecule has 0 unspecified atom stereocenters. The molecule has 0 atom stereocenters. The molecule has 4 rings (SSSR count). The van der Waals surface area contributed by atoms with Crippen LogP contribution in [0.25, 0.3) is 10.9 Å². The minimum Gasteiger partial charge on any atom is -0.508 e. The average Bonchev–Trinajstić information content (AvgIpc) is 3.08. The number of amides is 1. The summed E-state index contributed by atoms with van der Waals surface area (Å²) in [5.74, 6) is 0.787. The molecule has 0 spiro atoms. The number of benzene rings is 2. The molecule has 0 saturated carbocycles. The minimum absolute atomic E-state index is 0. The van der Waals surface area contributed by atoms with Gasteiger partial charge >= 0.3 is 0 Å². The third kappa shape index (κ3) is 5.97. The summed E-state index contributed by atoms with van der Waals surface area (Å²) in [4.78, 5) is 15.2. The number of halogens is 1. The predicted octanol–water partition coefficient (Wildman–Crippen LogP) is 2.56. The minimum atomic E-state index is -0.0454. The summed E-state index contributed by atoms with van der Waals surface area (Å²) in [6.45, 7) is 3.87. The van der Waals surface area contributed by atoms with Crippen LogP contribution in [0, 0.1) is 5.92 Å². The number of carbonyl (C=O) groups is 1. The van der Waals surface area contributed by atoms with Crippen molar-refractivity contribution >= 4 is 29.2 Å². The van der Waals surface area contributed by atoms with Crippen molar-refractivity contribution in [2.24, 2.45) is 13.0 Å². The maximum atomic E-state index is 12.7. The van der Waals surface area contributed by atoms with Gasteiger partial charge in [0.2, 0.25) is 0 Å². The molecule has 1 aliphatic rings. The number of rotatable bonds is 6. The molecular formula is C23H31ClN4O3. The van der Waals surface area contributed by atoms with Crippen LogP contribution in [0.2, 0.25) is 0 Å². The van der Waals surface area contributed by atoms with Gasteiger partial charge in [-0.2, -0.15) is 5.10 Å². The molecule has 1 aliphatic heterocycles. The van der Waals surface area contributed by atoms with E-state index in [9.17, 15) is 9.90 Å². The normalized spacial score (nSPS) is 14.6. The highest BCUT2D eigenvalue weighted by molar-refractivity contribution is 6.04. The van der Waals surface area contributed by atoms with E-state index in [-0.39, 0.29) is 23.8 Å². The van der Waals surface area contributed by atoms with Gasteiger partial charge in [0, 0.05) is 25.5 Å². The zero-order valence-corrected chi connectivity index (χ0v) is 18.6. The maximum absolute atomic E-state index is 12.7. The van der Waals surface area contributed by atoms with E-state index in [1.54, 1.807) is 16.8 Å². The SMILES string of the molecule is Cl.Cn1nc2ccccc2c1C(=O)NCC1CCN(CCc2ccc(O)cc2)CC1.O. The fourth-order valence-electron chi connectivity index (χ4n) is 4.10. The van der Waals surface area contributed by atoms with Gasteiger partial charge in [0.05, 0.1) is 5.52 Å². The summed E-state index contributed by atoms with van der Waals surface area (Å²) >= 11 is 0. The Hall–Kier alpha value is -2.61. The van der Waals surface area contributed by atoms with E-state index in [2.05, 4.69) is 15.3 Å². The second-order valence-electron chi connectivity index (χ2n) is 7.90. The van der Waals surface area contributed by atoms with Gasteiger partial charge < -0.3 is 20.8 Å². The number of piperidine rings is 1. The number of nitrogens with one attached hydrogen (secondary N) is 1. The van der Waals surface area contributed by atoms with Crippen LogP contribution < -0.4 is 5.32 Å². The smallest absolute Gasteiger partial charge is 0.270 e. The summed E-state index contributed by atoms with van der Waals surface area (Å²) in [6, 6.07) is 15.2. The number of aryl methyl sites for hydroxylation is 1. The van der Waals surface area contributed by atoms with Crippen LogP contribution in [0.3, 0.4) is 0 Å². The van der Waals surface area contributed by atoms with Gasteiger partial charge in [0.25, 0.3) is 5.91 Å². The number of aromatic nitrogens is 2. The molecule has 1 saturated heterocycles. The summed E-state index contributed by atoms with van der Waals surface area (Å²) in [5, 5.41) is 17.8. The highest BCUT2D eigenvalue weighted by atomic mass is 35.5. The van der Waals surface area contributed by atoms with Crippen molar-refractivity contribution in [1.29, 1.82) is 0 Å². The second kappa shape index (κ2) is 11.1. The van der Waals surface area contributed by atoms with Crippen LogP contribution in [0.4, 0.5) is 0 Å². The summed E-state index contributed by atoms with van der Waals surface area (Å²) in [7, 11) is 1.82. The van der Waals surface area contributed by atoms with E-state index < -0.39 is 0 Å². The Labute approximate surface area is 188 Å². The molecule has 2 heterocycles. The van der Waals surface area contributed by atoms with Crippen molar-refractivity contribution in [2.75, 3.05) is 26.2 Å². The summed E-state index contributed by atoms with van der Waals surface area (Å²) < 4.78 is 1.67. The highest BCUT2D eigenvalue weighted by Crippen LogP contribution is 2.19. The van der Waals surface area contributed by atoms with Crippen molar-refractivity contribution in [3.05, 3.63) is 59.8 Å². The molecule has 1 fully saturated rings. The first-order valence-electron chi connectivity index (χ1n) is 10.3. The van der Waals surface area contributed by atoms with Crippen LogP contribution in [0.5, 0.6) is 5.75 Å². The first kappa shape index (κ1) is 24.7. The second-order valence-corrected chi connectivity index (χ2v) is 7.90. The number of phenols is 1. The molecule has 0 radical (unpaired) electrons. The lowest BCUT2D eigenvalue weighted by Gasteiger charge is -2.32. The molecule has 8 heteroatoms. The van der Waals surface area contributed by atoms with Gasteiger partial charge in [-0.25, -0.2) is 0 Å². The number of carbonyl (C=O) groups excluding carboxylic acids is 1. The van der Waals surface area contributed by atoms with Crippen molar-refractivity contribution in [3.8, 4) is 5.75 Å². The number of hydrogen-bond donors (Lipinski definition) is 2.